The van der Waals surface area contributed by atoms with E-state index in [1.807, 2.05) is 0 Å². The van der Waals surface area contributed by atoms with Gasteiger partial charge in [-0.2, -0.15) is 11.8 Å². The predicted molar refractivity (Wildman–Crippen MR) is 89.8 cm³/mol. The Kier molecular flexibility index (Phi) is 6.74. The minimum atomic E-state index is -3.72. The van der Waals surface area contributed by atoms with Gasteiger partial charge in [0.15, 0.2) is 5.11 Å². The zero-order valence-corrected chi connectivity index (χ0v) is 13.9. The van der Waals surface area contributed by atoms with E-state index in [2.05, 4.69) is 16.9 Å². The third kappa shape index (κ3) is 5.66. The van der Waals surface area contributed by atoms with Crippen LogP contribution in [0.15, 0.2) is 23.1 Å². The van der Waals surface area contributed by atoms with E-state index in [4.69, 9.17) is 17.4 Å². The van der Waals surface area contributed by atoms with Crippen LogP contribution in [0.25, 0.3) is 0 Å². The highest BCUT2D eigenvalue weighted by atomic mass is 32.2. The van der Waals surface area contributed by atoms with E-state index in [-0.39, 0.29) is 4.90 Å². The Morgan fingerprint density at radius 3 is 2.75 bits per heavy atom. The summed E-state index contributed by atoms with van der Waals surface area (Å²) in [5, 5.41) is 11.6. The molecule has 112 valence electrons. The Morgan fingerprint density at radius 2 is 2.15 bits per heavy atom. The van der Waals surface area contributed by atoms with Gasteiger partial charge in [0, 0.05) is 12.2 Å². The van der Waals surface area contributed by atoms with E-state index in [9.17, 15) is 8.42 Å². The number of thioether (sulfide) groups is 1. The van der Waals surface area contributed by atoms with Crippen molar-refractivity contribution in [3.8, 4) is 0 Å². The van der Waals surface area contributed by atoms with E-state index < -0.39 is 10.0 Å². The molecule has 0 amide bonds. The van der Waals surface area contributed by atoms with Crippen LogP contribution in [0.1, 0.15) is 12.0 Å². The SMILES string of the molecule is CSCCCNC(=S)Nc1ccc(C)c(S(N)(=O)=O)c1. The molecule has 0 aliphatic rings. The van der Waals surface area contributed by atoms with Crippen LogP contribution >= 0.6 is 24.0 Å². The third-order valence-corrected chi connectivity index (χ3v) is 4.56. The highest BCUT2D eigenvalue weighted by Crippen LogP contribution is 2.18. The Morgan fingerprint density at radius 1 is 1.45 bits per heavy atom. The number of aryl methyl sites for hydroxylation is 1. The molecule has 0 saturated heterocycles. The maximum absolute atomic E-state index is 11.4. The molecule has 1 rings (SSSR count). The molecule has 0 unspecified atom stereocenters. The summed E-state index contributed by atoms with van der Waals surface area (Å²) in [7, 11) is -3.72. The van der Waals surface area contributed by atoms with Crippen LogP contribution in [0.3, 0.4) is 0 Å². The highest BCUT2D eigenvalue weighted by molar-refractivity contribution is 7.98. The molecule has 0 aromatic heterocycles. The van der Waals surface area contributed by atoms with Gasteiger partial charge in [-0.1, -0.05) is 6.07 Å². The van der Waals surface area contributed by atoms with Crippen molar-refractivity contribution in [2.45, 2.75) is 18.2 Å². The first-order chi connectivity index (χ1) is 9.34. The van der Waals surface area contributed by atoms with Crippen LogP contribution in [0, 0.1) is 6.92 Å². The summed E-state index contributed by atoms with van der Waals surface area (Å²) in [4.78, 5) is 0.104. The van der Waals surface area contributed by atoms with Crippen LogP contribution in [0.4, 0.5) is 5.69 Å². The predicted octanol–water partition coefficient (Wildman–Crippen LogP) is 1.68. The fourth-order valence-corrected chi connectivity index (χ4v) is 3.04. The molecule has 1 aromatic rings. The zero-order chi connectivity index (χ0) is 15.2. The Balaban J connectivity index is 2.67. The number of benzene rings is 1. The molecule has 1 aromatic carbocycles. The summed E-state index contributed by atoms with van der Waals surface area (Å²) in [5.74, 6) is 1.07. The number of nitrogens with one attached hydrogen (secondary N) is 2. The van der Waals surface area contributed by atoms with E-state index in [0.717, 1.165) is 18.7 Å². The number of hydrogen-bond acceptors (Lipinski definition) is 4. The lowest BCUT2D eigenvalue weighted by Crippen LogP contribution is -2.29. The quantitative estimate of drug-likeness (QED) is 0.543. The van der Waals surface area contributed by atoms with Crippen LogP contribution in [0.2, 0.25) is 0 Å². The molecule has 0 fully saturated rings. The van der Waals surface area contributed by atoms with Gasteiger partial charge in [-0.05, 0) is 55.3 Å². The van der Waals surface area contributed by atoms with E-state index in [1.54, 1.807) is 30.8 Å². The number of anilines is 1. The highest BCUT2D eigenvalue weighted by Gasteiger charge is 2.12. The summed E-state index contributed by atoms with van der Waals surface area (Å²) >= 11 is 6.92. The number of nitrogens with two attached hydrogens (primary N) is 1. The lowest BCUT2D eigenvalue weighted by molar-refractivity contribution is 0.597. The van der Waals surface area contributed by atoms with Crippen molar-refractivity contribution >= 4 is 44.8 Å². The summed E-state index contributed by atoms with van der Waals surface area (Å²) in [6.07, 6.45) is 3.07. The normalized spacial score (nSPS) is 11.2. The average molecular weight is 334 g/mol. The Labute approximate surface area is 129 Å². The van der Waals surface area contributed by atoms with Gasteiger partial charge < -0.3 is 10.6 Å². The molecule has 20 heavy (non-hydrogen) atoms. The maximum atomic E-state index is 11.4. The van der Waals surface area contributed by atoms with Gasteiger partial charge >= 0.3 is 0 Å². The minimum absolute atomic E-state index is 0.104. The fourth-order valence-electron chi connectivity index (χ4n) is 1.58. The summed E-state index contributed by atoms with van der Waals surface area (Å²) in [5.41, 5.74) is 1.21. The number of sulfonamides is 1. The van der Waals surface area contributed by atoms with Crippen LogP contribution in [-0.4, -0.2) is 32.1 Å². The second-order valence-electron chi connectivity index (χ2n) is 4.25. The molecule has 0 saturated carbocycles. The molecule has 0 radical (unpaired) electrons. The molecule has 0 atom stereocenters. The van der Waals surface area contributed by atoms with Crippen molar-refractivity contribution < 1.29 is 8.42 Å². The molecular formula is C12H19N3O2S3. The van der Waals surface area contributed by atoms with E-state index in [0.29, 0.717) is 16.4 Å². The molecule has 0 bridgehead atoms. The Hall–Kier alpha value is -0.830. The minimum Gasteiger partial charge on any atom is -0.362 e. The second kappa shape index (κ2) is 7.82. The van der Waals surface area contributed by atoms with Crippen molar-refractivity contribution in [2.24, 2.45) is 5.14 Å². The standard InChI is InChI=1S/C12H19N3O2S3/c1-9-4-5-10(8-11(9)20(13,16)17)15-12(18)14-6-3-7-19-2/h4-5,8H,3,6-7H2,1-2H3,(H2,13,16,17)(H2,14,15,18). The molecule has 8 heteroatoms. The molecule has 5 nitrogen and oxygen atoms in total. The van der Waals surface area contributed by atoms with Gasteiger partial charge in [0.1, 0.15) is 0 Å². The number of hydrogen-bond donors (Lipinski definition) is 3. The summed E-state index contributed by atoms with van der Waals surface area (Å²) in [6.45, 7) is 2.48. The average Bonchev–Trinajstić information content (AvgIpc) is 2.36. The largest absolute Gasteiger partial charge is 0.362 e. The topological polar surface area (TPSA) is 84.2 Å². The van der Waals surface area contributed by atoms with Crippen molar-refractivity contribution in [1.82, 2.24) is 5.32 Å². The zero-order valence-electron chi connectivity index (χ0n) is 11.5. The monoisotopic (exact) mass is 333 g/mol. The lowest BCUT2D eigenvalue weighted by Gasteiger charge is -2.12. The smallest absolute Gasteiger partial charge is 0.238 e. The van der Waals surface area contributed by atoms with Crippen molar-refractivity contribution in [3.05, 3.63) is 23.8 Å². The molecule has 0 heterocycles. The van der Waals surface area contributed by atoms with Gasteiger partial charge in [-0.3, -0.25) is 0 Å². The second-order valence-corrected chi connectivity index (χ2v) is 7.18. The first kappa shape index (κ1) is 17.2. The van der Waals surface area contributed by atoms with Crippen LogP contribution < -0.4 is 15.8 Å². The molecular weight excluding hydrogens is 314 g/mol. The summed E-state index contributed by atoms with van der Waals surface area (Å²) < 4.78 is 22.9. The molecule has 0 aliphatic carbocycles. The third-order valence-electron chi connectivity index (χ3n) is 2.56. The van der Waals surface area contributed by atoms with Crippen molar-refractivity contribution in [1.29, 1.82) is 0 Å². The van der Waals surface area contributed by atoms with Gasteiger partial charge in [-0.25, -0.2) is 13.6 Å². The van der Waals surface area contributed by atoms with Gasteiger partial charge in [-0.15, -0.1) is 0 Å². The van der Waals surface area contributed by atoms with Crippen molar-refractivity contribution in [2.75, 3.05) is 23.9 Å². The molecule has 0 aliphatic heterocycles. The number of thiocarbonyl (C=S) groups is 1. The molecule has 0 spiro atoms. The van der Waals surface area contributed by atoms with E-state index >= 15 is 0 Å². The molecule has 4 N–H and O–H groups in total. The number of primary sulfonamides is 1. The van der Waals surface area contributed by atoms with Gasteiger partial charge in [0.25, 0.3) is 0 Å². The van der Waals surface area contributed by atoms with Crippen LogP contribution in [-0.2, 0) is 10.0 Å². The van der Waals surface area contributed by atoms with Crippen LogP contribution in [0.5, 0.6) is 0 Å². The Bertz CT molecular complexity index is 573. The first-order valence-electron chi connectivity index (χ1n) is 6.02. The first-order valence-corrected chi connectivity index (χ1v) is 9.36. The van der Waals surface area contributed by atoms with Gasteiger partial charge in [0.05, 0.1) is 4.90 Å². The number of rotatable bonds is 6. The fraction of sp³-hybridized carbons (Fsp3) is 0.417. The maximum Gasteiger partial charge on any atom is 0.238 e. The summed E-state index contributed by atoms with van der Waals surface area (Å²) in [6, 6.07) is 4.94. The van der Waals surface area contributed by atoms with E-state index in [1.165, 1.54) is 6.07 Å². The van der Waals surface area contributed by atoms with Crippen molar-refractivity contribution in [3.63, 3.8) is 0 Å². The van der Waals surface area contributed by atoms with Gasteiger partial charge in [0.2, 0.25) is 10.0 Å². The lowest BCUT2D eigenvalue weighted by atomic mass is 10.2.